The highest BCUT2D eigenvalue weighted by molar-refractivity contribution is 8.23. The molecule has 0 aromatic heterocycles. The van der Waals surface area contributed by atoms with Crippen LogP contribution in [-0.4, -0.2) is 61.7 Å². The van der Waals surface area contributed by atoms with Crippen LogP contribution in [0.5, 0.6) is 0 Å². The predicted octanol–water partition coefficient (Wildman–Crippen LogP) is 15.6. The molecule has 3 aromatic carbocycles. The molecule has 6 nitrogen and oxygen atoms in total. The van der Waals surface area contributed by atoms with Crippen molar-refractivity contribution in [1.82, 2.24) is 0 Å². The number of hydrogen-bond donors (Lipinski definition) is 1. The number of aromatic carboxylic acids is 1. The molecule has 0 bridgehead atoms. The highest BCUT2D eigenvalue weighted by atomic mass is 32.2. The van der Waals surface area contributed by atoms with Crippen molar-refractivity contribution < 1.29 is 29.0 Å². The maximum absolute atomic E-state index is 14.1. The number of hydrogen-bond acceptors (Lipinski definition) is 17. The van der Waals surface area contributed by atoms with Gasteiger partial charge in [-0.3, -0.25) is 0 Å². The maximum Gasteiger partial charge on any atom is 0.340 e. The van der Waals surface area contributed by atoms with Crippen molar-refractivity contribution in [3.63, 3.8) is 0 Å². The van der Waals surface area contributed by atoms with E-state index in [4.69, 9.17) is 9.47 Å². The third kappa shape index (κ3) is 7.44. The minimum atomic E-state index is -0.912. The summed E-state index contributed by atoms with van der Waals surface area (Å²) in [5.74, 6) is -0.537. The fourth-order valence-corrected chi connectivity index (χ4v) is 25.7. The molecule has 60 heavy (non-hydrogen) atoms. The van der Waals surface area contributed by atoms with Gasteiger partial charge in [-0.15, -0.1) is 141 Å². The quantitative estimate of drug-likeness (QED) is 0.187. The summed E-state index contributed by atoms with van der Waals surface area (Å²) in [6.45, 7) is 26.5. The van der Waals surface area contributed by atoms with Gasteiger partial charge in [0, 0.05) is 58.7 Å². The highest BCUT2D eigenvalue weighted by Gasteiger charge is 2.54. The Balaban J connectivity index is 1.53. The van der Waals surface area contributed by atoms with Crippen LogP contribution in [0.2, 0.25) is 0 Å². The Morgan fingerprint density at radius 3 is 0.667 bits per heavy atom. The molecule has 1 N–H and O–H groups in total. The lowest BCUT2D eigenvalue weighted by atomic mass is 9.83. The Hall–Kier alpha value is 0.270. The molecule has 0 fully saturated rings. The van der Waals surface area contributed by atoms with E-state index in [0.717, 1.165) is 81.4 Å². The van der Waals surface area contributed by atoms with Crippen molar-refractivity contribution in [1.29, 1.82) is 0 Å². The molecule has 0 aliphatic carbocycles. The number of fused-ring (bicyclic) bond motifs is 6. The van der Waals surface area contributed by atoms with Crippen molar-refractivity contribution in [2.45, 2.75) is 166 Å². The number of thioether (sulfide) groups is 12. The summed E-state index contributed by atoms with van der Waals surface area (Å²) in [7, 11) is 2.93. The number of ether oxygens (including phenoxy) is 2. The van der Waals surface area contributed by atoms with Gasteiger partial charge >= 0.3 is 17.9 Å². The van der Waals surface area contributed by atoms with Crippen LogP contribution in [0, 0.1) is 5.92 Å². The molecule has 0 spiro atoms. The van der Waals surface area contributed by atoms with Gasteiger partial charge < -0.3 is 14.6 Å². The predicted molar refractivity (Wildman–Crippen MR) is 264 cm³/mol. The van der Waals surface area contributed by atoms with E-state index >= 15 is 0 Å². The number of carbonyl (C=O) groups is 3. The third-order valence-corrected chi connectivity index (χ3v) is 26.9. The van der Waals surface area contributed by atoms with Crippen LogP contribution < -0.4 is 0 Å². The molecule has 0 amide bonds. The van der Waals surface area contributed by atoms with Gasteiger partial charge in [0.25, 0.3) is 0 Å². The van der Waals surface area contributed by atoms with Crippen LogP contribution in [0.25, 0.3) is 0 Å². The van der Waals surface area contributed by atoms with Gasteiger partial charge in [0.15, 0.2) is 0 Å². The minimum Gasteiger partial charge on any atom is -0.478 e. The standard InChI is InChI=1S/C42H43O6S12/c1-37(2)49-22-16(23-29(56-38(3,4)50-23)19(34(43)44)28(22)55-37)15(17-24-30(57-39(5,6)51-24)20(35(45)47-13)31-25(17)52-40(7,8)58-31)18-26-32(59-41(9,10)53-26)21(36(46)48-14)33-27(18)54-42(11,12)60-33/h1-14H3,(H,43,44). The molecule has 6 aliphatic heterocycles. The normalized spacial score (nSPS) is 22.2. The second-order valence-corrected chi connectivity index (χ2v) is 38.6. The molecule has 0 unspecified atom stereocenters. The van der Waals surface area contributed by atoms with E-state index in [9.17, 15) is 19.5 Å². The molecular weight excluding hydrogens is 985 g/mol. The number of rotatable bonds is 6. The molecule has 18 heteroatoms. The van der Waals surface area contributed by atoms with E-state index in [2.05, 4.69) is 83.1 Å². The first-order chi connectivity index (χ1) is 27.7. The van der Waals surface area contributed by atoms with Gasteiger partial charge in [-0.1, -0.05) is 0 Å². The minimum absolute atomic E-state index is 0.307. The first kappa shape index (κ1) is 45.4. The van der Waals surface area contributed by atoms with Crippen molar-refractivity contribution >= 4 is 159 Å². The van der Waals surface area contributed by atoms with Crippen molar-refractivity contribution in [3.8, 4) is 0 Å². The topological polar surface area (TPSA) is 89.9 Å². The smallest absolute Gasteiger partial charge is 0.340 e. The molecule has 6 aliphatic rings. The van der Waals surface area contributed by atoms with Crippen LogP contribution in [-0.2, 0) is 9.47 Å². The van der Waals surface area contributed by atoms with Gasteiger partial charge in [-0.25, -0.2) is 14.4 Å². The third-order valence-electron chi connectivity index (χ3n) is 9.88. The fraction of sp³-hybridized carbons (Fsp3) is 0.476. The van der Waals surface area contributed by atoms with Crippen LogP contribution in [0.1, 0.15) is 131 Å². The number of methoxy groups -OCH3 is 2. The Labute approximate surface area is 403 Å². The highest BCUT2D eigenvalue weighted by Crippen LogP contribution is 2.74. The average Bonchev–Trinajstić information content (AvgIpc) is 3.92. The molecule has 3 aromatic rings. The van der Waals surface area contributed by atoms with Crippen molar-refractivity contribution in [2.24, 2.45) is 0 Å². The molecule has 1 radical (unpaired) electrons. The summed E-state index contributed by atoms with van der Waals surface area (Å²) in [4.78, 5) is 53.3. The van der Waals surface area contributed by atoms with E-state index in [1.807, 2.05) is 0 Å². The number of carboxylic acids is 1. The van der Waals surface area contributed by atoms with Gasteiger partial charge in [-0.2, -0.15) is 0 Å². The maximum atomic E-state index is 14.1. The average molecular weight is 1030 g/mol. The Bertz CT molecular complexity index is 2270. The number of carbonyl (C=O) groups excluding carboxylic acids is 2. The van der Waals surface area contributed by atoms with E-state index in [0.29, 0.717) is 16.7 Å². The summed E-state index contributed by atoms with van der Waals surface area (Å²) in [5.41, 5.74) is 4.85. The zero-order valence-electron chi connectivity index (χ0n) is 35.4. The van der Waals surface area contributed by atoms with Gasteiger partial charge in [0.2, 0.25) is 0 Å². The van der Waals surface area contributed by atoms with Crippen LogP contribution in [0.4, 0.5) is 0 Å². The van der Waals surface area contributed by atoms with E-state index in [-0.39, 0.29) is 36.4 Å². The summed E-state index contributed by atoms with van der Waals surface area (Å²) < 4.78 is 9.27. The molecule has 9 rings (SSSR count). The molecule has 0 saturated carbocycles. The van der Waals surface area contributed by atoms with Crippen LogP contribution in [0.15, 0.2) is 58.7 Å². The summed E-state index contributed by atoms with van der Waals surface area (Å²) in [5, 5.41) is 11.1. The largest absolute Gasteiger partial charge is 0.478 e. The van der Waals surface area contributed by atoms with E-state index in [1.54, 1.807) is 141 Å². The molecule has 319 valence electrons. The SMILES string of the molecule is COC(=O)c1c2c(c([C](c3c4c(c(C(=O)O)c5c3SC(C)(C)S5)SC(C)(C)S4)c3c4c(c(C(=O)OC)c5c3SC(C)(C)S5)SC(C)(C)S4)c3c1SC(C)(C)S3)SC(C)(C)S2. The number of carboxylic acid groups (broad SMARTS) is 1. The van der Waals surface area contributed by atoms with Gasteiger partial charge in [0.05, 0.1) is 61.3 Å². The zero-order chi connectivity index (χ0) is 43.6. The monoisotopic (exact) mass is 1030 g/mol. The Morgan fingerprint density at radius 2 is 0.500 bits per heavy atom. The summed E-state index contributed by atoms with van der Waals surface area (Å²) in [6, 6.07) is 0. The lowest BCUT2D eigenvalue weighted by Crippen LogP contribution is -2.17. The first-order valence-electron chi connectivity index (χ1n) is 19.0. The Morgan fingerprint density at radius 1 is 0.333 bits per heavy atom. The molecule has 0 atom stereocenters. The Kier molecular flexibility index (Phi) is 11.3. The molecule has 6 heterocycles. The van der Waals surface area contributed by atoms with Gasteiger partial charge in [-0.05, 0) is 99.8 Å². The van der Waals surface area contributed by atoms with E-state index in [1.165, 1.54) is 14.2 Å². The zero-order valence-corrected chi connectivity index (χ0v) is 45.2. The summed E-state index contributed by atoms with van der Waals surface area (Å²) >= 11 is 20.8. The van der Waals surface area contributed by atoms with Crippen molar-refractivity contribution in [2.75, 3.05) is 14.2 Å². The molecule has 0 saturated heterocycles. The van der Waals surface area contributed by atoms with Crippen LogP contribution >= 0.6 is 141 Å². The van der Waals surface area contributed by atoms with E-state index < -0.39 is 5.97 Å². The van der Waals surface area contributed by atoms with Gasteiger partial charge in [0.1, 0.15) is 0 Å². The number of esters is 2. The number of benzene rings is 3. The fourth-order valence-electron chi connectivity index (χ4n) is 8.05. The van der Waals surface area contributed by atoms with Crippen molar-refractivity contribution in [3.05, 3.63) is 39.3 Å². The summed E-state index contributed by atoms with van der Waals surface area (Å²) in [6.07, 6.45) is 0. The second kappa shape index (κ2) is 14.9. The molecular formula is C42H43O6S12. The lowest BCUT2D eigenvalue weighted by molar-refractivity contribution is 0.0582. The lowest BCUT2D eigenvalue weighted by Gasteiger charge is -2.31. The second-order valence-electron chi connectivity index (χ2n) is 17.5. The first-order valence-corrected chi connectivity index (χ1v) is 28.8. The van der Waals surface area contributed by atoms with Crippen LogP contribution in [0.3, 0.4) is 0 Å².